The number of ketones is 1. The molecular weight excluding hydrogens is 574 g/mol. The number of esters is 1. The number of Topliss-reactive ketones (excluding diaryl/α,β-unsaturated/α-hetero) is 1. The van der Waals surface area contributed by atoms with Crippen LogP contribution in [0.1, 0.15) is 88.1 Å². The fourth-order valence-corrected chi connectivity index (χ4v) is 8.65. The third-order valence-electron chi connectivity index (χ3n) is 10.5. The number of rotatable bonds is 11. The Kier molecular flexibility index (Phi) is 10.4. The lowest BCUT2D eigenvalue weighted by atomic mass is 9.81. The molecule has 2 heterocycles. The molecule has 0 amide bonds. The molecule has 0 spiro atoms. The second-order valence-corrected chi connectivity index (χ2v) is 18.5. The van der Waals surface area contributed by atoms with Gasteiger partial charge >= 0.3 is 5.97 Å². The average molecular weight is 624 g/mol. The van der Waals surface area contributed by atoms with Crippen LogP contribution >= 0.6 is 0 Å². The molecule has 44 heavy (non-hydrogen) atoms. The highest BCUT2D eigenvalue weighted by Crippen LogP contribution is 2.45. The van der Waals surface area contributed by atoms with E-state index >= 15 is 0 Å². The van der Waals surface area contributed by atoms with E-state index in [2.05, 4.69) is 65.1 Å². The topological polar surface area (TPSA) is 83.5 Å². The van der Waals surface area contributed by atoms with E-state index in [1.807, 2.05) is 24.3 Å². The molecule has 2 aromatic carbocycles. The van der Waals surface area contributed by atoms with Gasteiger partial charge < -0.3 is 13.9 Å². The van der Waals surface area contributed by atoms with Crippen LogP contribution in [0.3, 0.4) is 0 Å². The summed E-state index contributed by atoms with van der Waals surface area (Å²) in [5.41, 5.74) is 1.73. The lowest BCUT2D eigenvalue weighted by molar-refractivity contribution is -0.446. The van der Waals surface area contributed by atoms with Crippen molar-refractivity contribution in [3.63, 3.8) is 0 Å². The molecule has 2 aromatic rings. The molecule has 0 radical (unpaired) electrons. The first-order valence-electron chi connectivity index (χ1n) is 16.2. The van der Waals surface area contributed by atoms with Crippen molar-refractivity contribution in [2.24, 2.45) is 5.92 Å². The summed E-state index contributed by atoms with van der Waals surface area (Å²) < 4.78 is 19.1. The van der Waals surface area contributed by atoms with Gasteiger partial charge in [-0.05, 0) is 54.6 Å². The van der Waals surface area contributed by atoms with Crippen LogP contribution in [0.5, 0.6) is 0 Å². The zero-order valence-electron chi connectivity index (χ0n) is 27.1. The first-order valence-corrected chi connectivity index (χ1v) is 19.1. The number of benzene rings is 2. The molecule has 240 valence electrons. The molecule has 0 bridgehead atoms. The van der Waals surface area contributed by atoms with Gasteiger partial charge in [0.05, 0.1) is 18.3 Å². The van der Waals surface area contributed by atoms with E-state index in [1.165, 1.54) is 10.8 Å². The van der Waals surface area contributed by atoms with Gasteiger partial charge in [0.2, 0.25) is 0 Å². The summed E-state index contributed by atoms with van der Waals surface area (Å²) >= 11 is 0. The Balaban J connectivity index is 1.29. The lowest BCUT2D eigenvalue weighted by Gasteiger charge is -2.42. The number of nitrogens with zero attached hydrogens (tertiary/aromatic N) is 1. The van der Waals surface area contributed by atoms with E-state index in [1.54, 1.807) is 12.1 Å². The Labute approximate surface area is 263 Å². The molecule has 1 aliphatic carbocycles. The van der Waals surface area contributed by atoms with E-state index in [0.717, 1.165) is 25.7 Å². The highest BCUT2D eigenvalue weighted by atomic mass is 28.4. The average Bonchev–Trinajstić information content (AvgIpc) is 3.45. The van der Waals surface area contributed by atoms with Crippen molar-refractivity contribution in [2.75, 3.05) is 6.61 Å². The zero-order chi connectivity index (χ0) is 31.5. The minimum atomic E-state index is -2.20. The summed E-state index contributed by atoms with van der Waals surface area (Å²) in [6.07, 6.45) is 2.83. The maximum absolute atomic E-state index is 13.4. The normalized spacial score (nSPS) is 28.1. The van der Waals surface area contributed by atoms with Crippen molar-refractivity contribution in [1.29, 1.82) is 0 Å². The molecule has 8 nitrogen and oxygen atoms in total. The summed E-state index contributed by atoms with van der Waals surface area (Å²) in [6, 6.07) is 19.0. The van der Waals surface area contributed by atoms with Crippen molar-refractivity contribution < 1.29 is 33.2 Å². The summed E-state index contributed by atoms with van der Waals surface area (Å²) in [7, 11) is -2.20. The molecule has 2 aliphatic heterocycles. The molecule has 3 fully saturated rings. The Hall–Kier alpha value is -2.40. The van der Waals surface area contributed by atoms with Gasteiger partial charge in [0.15, 0.2) is 20.4 Å². The maximum atomic E-state index is 13.4. The molecule has 3 aliphatic rings. The van der Waals surface area contributed by atoms with Gasteiger partial charge in [-0.25, -0.2) is 9.63 Å². The smallest absolute Gasteiger partial charge is 0.338 e. The van der Waals surface area contributed by atoms with Crippen LogP contribution < -0.4 is 0 Å². The van der Waals surface area contributed by atoms with Crippen LogP contribution in [-0.2, 0) is 28.4 Å². The number of hydroxylamine groups is 2. The van der Waals surface area contributed by atoms with Gasteiger partial charge in [-0.2, -0.15) is 0 Å². The molecule has 6 atom stereocenters. The first kappa shape index (κ1) is 33.0. The van der Waals surface area contributed by atoms with Gasteiger partial charge in [-0.15, -0.1) is 0 Å². The minimum Gasteiger partial charge on any atom is -0.457 e. The maximum Gasteiger partial charge on any atom is 0.338 e. The van der Waals surface area contributed by atoms with Crippen LogP contribution in [0.2, 0.25) is 18.1 Å². The van der Waals surface area contributed by atoms with Gasteiger partial charge in [-0.1, -0.05) is 94.3 Å². The quantitative estimate of drug-likeness (QED) is 0.192. The summed E-state index contributed by atoms with van der Waals surface area (Å²) in [5, 5.41) is 1.35. The highest BCUT2D eigenvalue weighted by Gasteiger charge is 2.51. The van der Waals surface area contributed by atoms with E-state index in [9.17, 15) is 9.59 Å². The number of carbonyl (C=O) groups is 2. The van der Waals surface area contributed by atoms with Crippen molar-refractivity contribution in [3.05, 3.63) is 71.8 Å². The Morgan fingerprint density at radius 2 is 1.59 bits per heavy atom. The predicted octanol–water partition coefficient (Wildman–Crippen LogP) is 7.22. The van der Waals surface area contributed by atoms with Crippen LogP contribution in [-0.4, -0.2) is 62.5 Å². The fraction of sp³-hybridized carbons (Fsp3) is 0.600. The molecule has 0 aromatic heterocycles. The SMILES string of the molecule is CC(C)C(C)(C)[Si](C)(C)OCC(=O)[C@H]1C[C@@H]2[C@@H](OC(=O)c3ccccc3)C[C@@H](O[C@@H]3CCCC[C@H]3c3ccccc3)ON2O1. The fourth-order valence-electron chi connectivity index (χ4n) is 6.39. The van der Waals surface area contributed by atoms with Gasteiger partial charge in [0.25, 0.3) is 0 Å². The Bertz CT molecular complexity index is 1250. The third-order valence-corrected chi connectivity index (χ3v) is 15.0. The summed E-state index contributed by atoms with van der Waals surface area (Å²) in [6.45, 7) is 13.1. The number of ether oxygens (including phenoxy) is 2. The lowest BCUT2D eigenvalue weighted by Crippen LogP contribution is -2.51. The van der Waals surface area contributed by atoms with Crippen LogP contribution in [0, 0.1) is 5.92 Å². The largest absolute Gasteiger partial charge is 0.457 e. The molecular formula is C35H49NO7Si. The molecule has 2 saturated heterocycles. The van der Waals surface area contributed by atoms with Gasteiger partial charge in [0, 0.05) is 18.8 Å². The van der Waals surface area contributed by atoms with Crippen LogP contribution in [0.25, 0.3) is 0 Å². The van der Waals surface area contributed by atoms with Gasteiger partial charge in [0.1, 0.15) is 18.2 Å². The number of hydrogen-bond acceptors (Lipinski definition) is 8. The molecule has 1 saturated carbocycles. The summed E-state index contributed by atoms with van der Waals surface area (Å²) in [5.74, 6) is 0.125. The van der Waals surface area contributed by atoms with E-state index in [-0.39, 0.29) is 29.5 Å². The predicted molar refractivity (Wildman–Crippen MR) is 170 cm³/mol. The standard InChI is InChI=1S/C35H49NO7Si/c1-24(2)35(3,4)44(5,6)39-23-29(37)32-21-28-31(41-34(38)26-17-11-8-12-18-26)22-33(43-36(28)42-32)40-30-20-14-13-19-27(30)25-15-9-7-10-16-25/h7-12,15-18,24,27-28,30-33H,13-14,19-23H2,1-6H3/t27-,28+,30+,31-,32+,33-/m0/s1. The zero-order valence-corrected chi connectivity index (χ0v) is 28.1. The summed E-state index contributed by atoms with van der Waals surface area (Å²) in [4.78, 5) is 38.9. The van der Waals surface area contributed by atoms with Crippen LogP contribution in [0.15, 0.2) is 60.7 Å². The van der Waals surface area contributed by atoms with Crippen molar-refractivity contribution >= 4 is 20.1 Å². The third kappa shape index (κ3) is 7.35. The van der Waals surface area contributed by atoms with E-state index in [0.29, 0.717) is 24.3 Å². The van der Waals surface area contributed by atoms with Gasteiger partial charge in [-0.3, -0.25) is 9.63 Å². The number of carbonyl (C=O) groups excluding carboxylic acids is 2. The Morgan fingerprint density at radius 3 is 2.27 bits per heavy atom. The Morgan fingerprint density at radius 1 is 0.932 bits per heavy atom. The van der Waals surface area contributed by atoms with E-state index in [4.69, 9.17) is 23.6 Å². The van der Waals surface area contributed by atoms with Crippen molar-refractivity contribution in [1.82, 2.24) is 5.23 Å². The molecule has 0 unspecified atom stereocenters. The van der Waals surface area contributed by atoms with E-state index < -0.39 is 38.8 Å². The molecule has 9 heteroatoms. The molecule has 0 N–H and O–H groups in total. The van der Waals surface area contributed by atoms with Crippen molar-refractivity contribution in [3.8, 4) is 0 Å². The monoisotopic (exact) mass is 623 g/mol. The number of fused-ring (bicyclic) bond motifs is 1. The second kappa shape index (κ2) is 13.9. The highest BCUT2D eigenvalue weighted by molar-refractivity contribution is 6.74. The first-order chi connectivity index (χ1) is 21.0. The number of hydrogen-bond donors (Lipinski definition) is 0. The molecule has 5 rings (SSSR count). The second-order valence-electron chi connectivity index (χ2n) is 13.9. The van der Waals surface area contributed by atoms with Crippen molar-refractivity contribution in [2.45, 2.75) is 121 Å². The van der Waals surface area contributed by atoms with Crippen LogP contribution in [0.4, 0.5) is 0 Å². The minimum absolute atomic E-state index is 0.0115.